The molecule has 2 N–H and O–H groups in total. The standard InChI is InChI=1S/C24H27N5O3/c1-4-14-32-18-12-10-17(11-13-18)22-21(16(3)27-24-25-15-26-29(22)24)23(30)28-19-8-6-7-9-20(19)31-5-2/h6-13,15,22H,4-5,14H2,1-3H3,(H,28,30)(H,25,26,27). The number of carbonyl (C=O) groups excluding carboxylic acids is 1. The molecule has 1 aromatic heterocycles. The average molecular weight is 434 g/mol. The topological polar surface area (TPSA) is 90.3 Å². The molecule has 0 aliphatic carbocycles. The van der Waals surface area contributed by atoms with Crippen LogP contribution in [0.3, 0.4) is 0 Å². The van der Waals surface area contributed by atoms with Crippen molar-refractivity contribution in [2.45, 2.75) is 33.2 Å². The molecule has 3 aromatic rings. The molecule has 166 valence electrons. The molecule has 0 spiro atoms. The van der Waals surface area contributed by atoms with E-state index in [0.717, 1.165) is 17.7 Å². The molecule has 8 heteroatoms. The number of carbonyl (C=O) groups is 1. The number of allylic oxidation sites excluding steroid dienone is 1. The van der Waals surface area contributed by atoms with E-state index < -0.39 is 6.04 Å². The molecular weight excluding hydrogens is 406 g/mol. The van der Waals surface area contributed by atoms with Gasteiger partial charge in [-0.05, 0) is 50.1 Å². The van der Waals surface area contributed by atoms with E-state index in [0.29, 0.717) is 41.9 Å². The number of para-hydroxylation sites is 2. The van der Waals surface area contributed by atoms with Gasteiger partial charge in [0.2, 0.25) is 5.95 Å². The number of amides is 1. The molecule has 1 aliphatic heterocycles. The Morgan fingerprint density at radius 2 is 1.91 bits per heavy atom. The van der Waals surface area contributed by atoms with Crippen molar-refractivity contribution in [1.29, 1.82) is 0 Å². The lowest BCUT2D eigenvalue weighted by Gasteiger charge is -2.29. The van der Waals surface area contributed by atoms with E-state index in [4.69, 9.17) is 9.47 Å². The Hall–Kier alpha value is -3.81. The summed E-state index contributed by atoms with van der Waals surface area (Å²) >= 11 is 0. The molecule has 4 rings (SSSR count). The molecule has 2 aromatic carbocycles. The summed E-state index contributed by atoms with van der Waals surface area (Å²) in [6.45, 7) is 7.01. The zero-order valence-corrected chi connectivity index (χ0v) is 18.5. The Morgan fingerprint density at radius 1 is 1.12 bits per heavy atom. The van der Waals surface area contributed by atoms with Gasteiger partial charge < -0.3 is 20.1 Å². The van der Waals surface area contributed by atoms with Gasteiger partial charge in [-0.25, -0.2) is 4.68 Å². The second kappa shape index (κ2) is 9.55. The van der Waals surface area contributed by atoms with Gasteiger partial charge in [-0.2, -0.15) is 10.1 Å². The summed E-state index contributed by atoms with van der Waals surface area (Å²) in [4.78, 5) is 17.8. The van der Waals surface area contributed by atoms with E-state index >= 15 is 0 Å². The van der Waals surface area contributed by atoms with Crippen LogP contribution < -0.4 is 20.1 Å². The van der Waals surface area contributed by atoms with Gasteiger partial charge in [0, 0.05) is 5.70 Å². The van der Waals surface area contributed by atoms with Crippen molar-refractivity contribution in [1.82, 2.24) is 14.8 Å². The monoisotopic (exact) mass is 433 g/mol. The second-order valence-corrected chi connectivity index (χ2v) is 7.40. The fourth-order valence-electron chi connectivity index (χ4n) is 3.70. The van der Waals surface area contributed by atoms with Crippen LogP contribution in [-0.4, -0.2) is 33.9 Å². The largest absolute Gasteiger partial charge is 0.494 e. The summed E-state index contributed by atoms with van der Waals surface area (Å²) in [5, 5.41) is 10.6. The van der Waals surface area contributed by atoms with Gasteiger partial charge in [-0.15, -0.1) is 0 Å². The lowest BCUT2D eigenvalue weighted by Crippen LogP contribution is -2.31. The molecular formula is C24H27N5O3. The van der Waals surface area contributed by atoms with E-state index in [1.807, 2.05) is 62.4 Å². The van der Waals surface area contributed by atoms with Gasteiger partial charge in [0.25, 0.3) is 5.91 Å². The number of fused-ring (bicyclic) bond motifs is 1. The third-order valence-electron chi connectivity index (χ3n) is 5.14. The van der Waals surface area contributed by atoms with Gasteiger partial charge in [-0.3, -0.25) is 4.79 Å². The highest BCUT2D eigenvalue weighted by Gasteiger charge is 2.33. The first-order valence-corrected chi connectivity index (χ1v) is 10.8. The molecule has 32 heavy (non-hydrogen) atoms. The Balaban J connectivity index is 1.68. The molecule has 1 unspecified atom stereocenters. The van der Waals surface area contributed by atoms with Crippen molar-refractivity contribution in [3.05, 3.63) is 71.7 Å². The number of hydrogen-bond acceptors (Lipinski definition) is 6. The number of aromatic nitrogens is 3. The summed E-state index contributed by atoms with van der Waals surface area (Å²) in [6.07, 6.45) is 2.42. The summed E-state index contributed by atoms with van der Waals surface area (Å²) in [6, 6.07) is 14.7. The number of nitrogens with zero attached hydrogens (tertiary/aromatic N) is 3. The second-order valence-electron chi connectivity index (χ2n) is 7.40. The molecule has 1 amide bonds. The van der Waals surface area contributed by atoms with Crippen molar-refractivity contribution >= 4 is 17.5 Å². The minimum Gasteiger partial charge on any atom is -0.494 e. The molecule has 8 nitrogen and oxygen atoms in total. The minimum atomic E-state index is -0.437. The van der Waals surface area contributed by atoms with Crippen LogP contribution in [0.15, 0.2) is 66.1 Å². The van der Waals surface area contributed by atoms with Crippen LogP contribution in [0.25, 0.3) is 0 Å². The van der Waals surface area contributed by atoms with Gasteiger partial charge >= 0.3 is 0 Å². The van der Waals surface area contributed by atoms with E-state index in [2.05, 4.69) is 27.6 Å². The van der Waals surface area contributed by atoms with Gasteiger partial charge in [0.1, 0.15) is 23.9 Å². The first-order chi connectivity index (χ1) is 15.6. The number of hydrogen-bond donors (Lipinski definition) is 2. The molecule has 0 fully saturated rings. The Labute approximate surface area is 187 Å². The summed E-state index contributed by atoms with van der Waals surface area (Å²) in [7, 11) is 0. The third-order valence-corrected chi connectivity index (χ3v) is 5.14. The highest BCUT2D eigenvalue weighted by molar-refractivity contribution is 6.06. The number of ether oxygens (including phenoxy) is 2. The molecule has 1 aliphatic rings. The van der Waals surface area contributed by atoms with Gasteiger partial charge in [-0.1, -0.05) is 31.2 Å². The van der Waals surface area contributed by atoms with Crippen molar-refractivity contribution in [2.75, 3.05) is 23.8 Å². The van der Waals surface area contributed by atoms with Gasteiger partial charge in [0.05, 0.1) is 24.5 Å². The van der Waals surface area contributed by atoms with Crippen molar-refractivity contribution in [3.8, 4) is 11.5 Å². The highest BCUT2D eigenvalue weighted by atomic mass is 16.5. The molecule has 2 heterocycles. The number of anilines is 2. The van der Waals surface area contributed by atoms with E-state index in [1.165, 1.54) is 6.33 Å². The Kier molecular flexibility index (Phi) is 6.39. The molecule has 0 saturated carbocycles. The van der Waals surface area contributed by atoms with Crippen molar-refractivity contribution < 1.29 is 14.3 Å². The highest BCUT2D eigenvalue weighted by Crippen LogP contribution is 2.36. The summed E-state index contributed by atoms with van der Waals surface area (Å²) < 4.78 is 13.1. The lowest BCUT2D eigenvalue weighted by molar-refractivity contribution is -0.113. The van der Waals surface area contributed by atoms with E-state index in [9.17, 15) is 4.79 Å². The van der Waals surface area contributed by atoms with Crippen LogP contribution in [0.1, 0.15) is 38.8 Å². The predicted octanol–water partition coefficient (Wildman–Crippen LogP) is 4.39. The van der Waals surface area contributed by atoms with Crippen molar-refractivity contribution in [3.63, 3.8) is 0 Å². The zero-order valence-electron chi connectivity index (χ0n) is 18.5. The van der Waals surface area contributed by atoms with Crippen LogP contribution >= 0.6 is 0 Å². The van der Waals surface area contributed by atoms with Crippen LogP contribution in [0, 0.1) is 0 Å². The van der Waals surface area contributed by atoms with Gasteiger partial charge in [0.15, 0.2) is 0 Å². The molecule has 0 bridgehead atoms. The maximum atomic E-state index is 13.5. The van der Waals surface area contributed by atoms with Crippen molar-refractivity contribution in [2.24, 2.45) is 0 Å². The smallest absolute Gasteiger partial charge is 0.255 e. The predicted molar refractivity (Wildman–Crippen MR) is 123 cm³/mol. The SMILES string of the molecule is CCCOc1ccc(C2C(C(=O)Nc3ccccc3OCC)=C(C)Nc3ncnn32)cc1. The van der Waals surface area contributed by atoms with Crippen LogP contribution in [0.2, 0.25) is 0 Å². The lowest BCUT2D eigenvalue weighted by atomic mass is 9.95. The number of nitrogens with one attached hydrogen (secondary N) is 2. The van der Waals surface area contributed by atoms with Crippen LogP contribution in [-0.2, 0) is 4.79 Å². The average Bonchev–Trinajstić information content (AvgIpc) is 3.26. The Morgan fingerprint density at radius 3 is 2.66 bits per heavy atom. The van der Waals surface area contributed by atoms with Crippen LogP contribution in [0.5, 0.6) is 11.5 Å². The molecule has 0 radical (unpaired) electrons. The summed E-state index contributed by atoms with van der Waals surface area (Å²) in [5.41, 5.74) is 2.79. The number of benzene rings is 2. The Bertz CT molecular complexity index is 1120. The zero-order chi connectivity index (χ0) is 22.5. The first-order valence-electron chi connectivity index (χ1n) is 10.8. The third kappa shape index (κ3) is 4.30. The molecule has 1 atom stereocenters. The maximum Gasteiger partial charge on any atom is 0.255 e. The summed E-state index contributed by atoms with van der Waals surface area (Å²) in [5.74, 6) is 1.77. The minimum absolute atomic E-state index is 0.236. The van der Waals surface area contributed by atoms with E-state index in [1.54, 1.807) is 4.68 Å². The van der Waals surface area contributed by atoms with Crippen LogP contribution in [0.4, 0.5) is 11.6 Å². The number of rotatable bonds is 8. The fourth-order valence-corrected chi connectivity index (χ4v) is 3.70. The quantitative estimate of drug-likeness (QED) is 0.547. The maximum absolute atomic E-state index is 13.5. The first kappa shape index (κ1) is 21.4. The molecule has 0 saturated heterocycles. The van der Waals surface area contributed by atoms with E-state index in [-0.39, 0.29) is 5.91 Å². The normalized spacial score (nSPS) is 15.0. The fraction of sp³-hybridized carbons (Fsp3) is 0.292.